The quantitative estimate of drug-likeness (QED) is 0.483. The van der Waals surface area contributed by atoms with Gasteiger partial charge < -0.3 is 15.5 Å². The lowest BCUT2D eigenvalue weighted by atomic mass is 9.54. The average molecular weight is 418 g/mol. The largest absolute Gasteiger partial charge is 0.392 e. The van der Waals surface area contributed by atoms with E-state index in [1.54, 1.807) is 0 Å². The first-order chi connectivity index (χ1) is 14.1. The van der Waals surface area contributed by atoms with E-state index in [4.69, 9.17) is 0 Å². The Labute approximate surface area is 178 Å². The van der Waals surface area contributed by atoms with Crippen molar-refractivity contribution in [2.24, 2.45) is 29.1 Å². The molecule has 6 heteroatoms. The molecule has 1 amide bonds. The maximum atomic E-state index is 13.7. The summed E-state index contributed by atoms with van der Waals surface area (Å²) in [5.74, 6) is -1.23. The maximum Gasteiger partial charge on any atom is 0.235 e. The fourth-order valence-electron chi connectivity index (χ4n) is 5.81. The Morgan fingerprint density at radius 1 is 1.17 bits per heavy atom. The van der Waals surface area contributed by atoms with Crippen LogP contribution in [0.2, 0.25) is 0 Å². The van der Waals surface area contributed by atoms with E-state index < -0.39 is 17.4 Å². The molecule has 6 nitrogen and oxygen atoms in total. The van der Waals surface area contributed by atoms with Gasteiger partial charge in [-0.25, -0.2) is 0 Å². The first kappa shape index (κ1) is 22.9. The number of amides is 1. The van der Waals surface area contributed by atoms with Crippen LogP contribution in [0.3, 0.4) is 0 Å². The molecule has 0 radical (unpaired) electrons. The van der Waals surface area contributed by atoms with Gasteiger partial charge in [-0.05, 0) is 43.6 Å². The molecule has 3 rings (SSSR count). The van der Waals surface area contributed by atoms with Crippen LogP contribution in [-0.4, -0.2) is 46.4 Å². The van der Waals surface area contributed by atoms with Gasteiger partial charge in [-0.1, -0.05) is 38.5 Å². The summed E-state index contributed by atoms with van der Waals surface area (Å²) in [4.78, 5) is 39.5. The second-order valence-electron chi connectivity index (χ2n) is 9.78. The second kappa shape index (κ2) is 8.75. The number of nitrogens with one attached hydrogen (secondary N) is 1. The molecule has 0 aromatic heterocycles. The van der Waals surface area contributed by atoms with Crippen molar-refractivity contribution in [2.45, 2.75) is 71.9 Å². The van der Waals surface area contributed by atoms with Gasteiger partial charge in [-0.2, -0.15) is 0 Å². The highest BCUT2D eigenvalue weighted by Gasteiger charge is 2.65. The van der Waals surface area contributed by atoms with Crippen LogP contribution in [0.4, 0.5) is 0 Å². The van der Waals surface area contributed by atoms with Crippen LogP contribution in [0, 0.1) is 29.1 Å². The van der Waals surface area contributed by atoms with Crippen molar-refractivity contribution < 1.29 is 24.6 Å². The molecule has 0 aromatic rings. The van der Waals surface area contributed by atoms with Crippen molar-refractivity contribution in [3.8, 4) is 0 Å². The number of Topliss-reactive ketones (excluding diaryl/α,β-unsaturated/α-hetero) is 2. The molecule has 30 heavy (non-hydrogen) atoms. The predicted octanol–water partition coefficient (Wildman–Crippen LogP) is 2.34. The van der Waals surface area contributed by atoms with Crippen LogP contribution in [0.5, 0.6) is 0 Å². The third-order valence-electron chi connectivity index (χ3n) is 7.31. The lowest BCUT2D eigenvalue weighted by molar-refractivity contribution is -0.145. The zero-order chi connectivity index (χ0) is 22.2. The Kier molecular flexibility index (Phi) is 6.68. The van der Waals surface area contributed by atoms with E-state index in [0.717, 1.165) is 17.6 Å². The molecular formula is C24H35NO5. The van der Waals surface area contributed by atoms with Gasteiger partial charge in [0.15, 0.2) is 5.78 Å². The molecule has 1 aliphatic heterocycles. The number of carbonyl (C=O) groups excluding carboxylic acids is 3. The molecule has 6 atom stereocenters. The fraction of sp³-hybridized carbons (Fsp3) is 0.708. The second-order valence-corrected chi connectivity index (χ2v) is 9.78. The van der Waals surface area contributed by atoms with Crippen LogP contribution < -0.4 is 5.32 Å². The van der Waals surface area contributed by atoms with Crippen molar-refractivity contribution in [3.63, 3.8) is 0 Å². The standard InChI is InChI=1S/C24H35NO5/c1-13(2)9-18-22-15(4)16(12-26)11-17-10-14(3)5-6-19(27)20(28)7-8-21(29)24(17,22)23(30)25-18/h10-11,13,15,17-18,20,22,26,28H,5-9,12H2,1-4H3,(H,25,30)/b14-10+/t15-,17+,18+,20-,22+,24-/m1/s1. The van der Waals surface area contributed by atoms with Gasteiger partial charge in [0.05, 0.1) is 6.61 Å². The van der Waals surface area contributed by atoms with E-state index in [-0.39, 0.29) is 61.2 Å². The number of hydrogen-bond donors (Lipinski definition) is 3. The molecule has 1 heterocycles. The summed E-state index contributed by atoms with van der Waals surface area (Å²) < 4.78 is 0. The van der Waals surface area contributed by atoms with Crippen molar-refractivity contribution in [1.29, 1.82) is 0 Å². The third-order valence-corrected chi connectivity index (χ3v) is 7.31. The molecule has 166 valence electrons. The van der Waals surface area contributed by atoms with Gasteiger partial charge in [0.1, 0.15) is 17.3 Å². The Hall–Kier alpha value is -1.79. The number of aliphatic hydroxyl groups is 2. The molecule has 0 saturated carbocycles. The van der Waals surface area contributed by atoms with Crippen LogP contribution in [0.15, 0.2) is 23.3 Å². The summed E-state index contributed by atoms with van der Waals surface area (Å²) in [6, 6.07) is -0.153. The molecule has 3 aliphatic rings. The van der Waals surface area contributed by atoms with Crippen molar-refractivity contribution in [3.05, 3.63) is 23.3 Å². The molecule has 2 aliphatic carbocycles. The summed E-state index contributed by atoms with van der Waals surface area (Å²) in [7, 11) is 0. The Morgan fingerprint density at radius 3 is 2.50 bits per heavy atom. The summed E-state index contributed by atoms with van der Waals surface area (Å²) in [5.41, 5.74) is 0.511. The van der Waals surface area contributed by atoms with Crippen molar-refractivity contribution in [1.82, 2.24) is 5.32 Å². The SMILES string of the molecule is C/C1=C\[C@H]2C=C(CO)[C@@H](C)[C@H]3[C@H](CC(C)C)NC(=O)[C@]32C(=O)CC[C@@H](O)C(=O)CC1. The molecule has 3 N–H and O–H groups in total. The highest BCUT2D eigenvalue weighted by Crippen LogP contribution is 2.55. The Bertz CT molecular complexity index is 782. The third kappa shape index (κ3) is 3.80. The number of rotatable bonds is 3. The number of aliphatic hydroxyl groups excluding tert-OH is 2. The van der Waals surface area contributed by atoms with Gasteiger partial charge >= 0.3 is 0 Å². The topological polar surface area (TPSA) is 104 Å². The van der Waals surface area contributed by atoms with E-state index in [0.29, 0.717) is 12.3 Å². The van der Waals surface area contributed by atoms with Gasteiger partial charge in [0, 0.05) is 30.7 Å². The first-order valence-corrected chi connectivity index (χ1v) is 11.2. The minimum absolute atomic E-state index is 0.0103. The molecule has 0 aromatic carbocycles. The van der Waals surface area contributed by atoms with E-state index in [1.807, 2.05) is 26.0 Å². The summed E-state index contributed by atoms with van der Waals surface area (Å²) in [6.07, 6.45) is 4.16. The van der Waals surface area contributed by atoms with E-state index >= 15 is 0 Å². The zero-order valence-corrected chi connectivity index (χ0v) is 18.5. The lowest BCUT2D eigenvalue weighted by Gasteiger charge is -2.45. The predicted molar refractivity (Wildman–Crippen MR) is 113 cm³/mol. The van der Waals surface area contributed by atoms with Gasteiger partial charge in [-0.3, -0.25) is 14.4 Å². The average Bonchev–Trinajstić information content (AvgIpc) is 2.97. The zero-order valence-electron chi connectivity index (χ0n) is 18.5. The molecule has 1 spiro atoms. The first-order valence-electron chi connectivity index (χ1n) is 11.2. The van der Waals surface area contributed by atoms with Crippen molar-refractivity contribution in [2.75, 3.05) is 6.61 Å². The Morgan fingerprint density at radius 2 is 1.87 bits per heavy atom. The normalized spacial score (nSPS) is 39.4. The van der Waals surface area contributed by atoms with E-state index in [9.17, 15) is 24.6 Å². The number of hydrogen-bond acceptors (Lipinski definition) is 5. The molecule has 0 unspecified atom stereocenters. The molecule has 1 saturated heterocycles. The van der Waals surface area contributed by atoms with Crippen LogP contribution in [0.1, 0.15) is 59.8 Å². The van der Waals surface area contributed by atoms with Crippen LogP contribution in [0.25, 0.3) is 0 Å². The highest BCUT2D eigenvalue weighted by atomic mass is 16.3. The summed E-state index contributed by atoms with van der Waals surface area (Å²) in [5, 5.41) is 23.4. The van der Waals surface area contributed by atoms with E-state index in [1.165, 1.54) is 0 Å². The number of allylic oxidation sites excluding steroid dienone is 3. The van der Waals surface area contributed by atoms with Gasteiger partial charge in [-0.15, -0.1) is 0 Å². The molecule has 0 bridgehead atoms. The van der Waals surface area contributed by atoms with Gasteiger partial charge in [0.2, 0.25) is 5.91 Å². The van der Waals surface area contributed by atoms with Crippen LogP contribution in [-0.2, 0) is 14.4 Å². The molecular weight excluding hydrogens is 382 g/mol. The monoisotopic (exact) mass is 417 g/mol. The lowest BCUT2D eigenvalue weighted by Crippen LogP contribution is -2.53. The fourth-order valence-corrected chi connectivity index (χ4v) is 5.81. The minimum atomic E-state index is -1.26. The summed E-state index contributed by atoms with van der Waals surface area (Å²) >= 11 is 0. The minimum Gasteiger partial charge on any atom is -0.392 e. The summed E-state index contributed by atoms with van der Waals surface area (Å²) in [6.45, 7) is 7.97. The maximum absolute atomic E-state index is 13.7. The molecule has 1 fully saturated rings. The van der Waals surface area contributed by atoms with Crippen LogP contribution >= 0.6 is 0 Å². The number of ketones is 2. The smallest absolute Gasteiger partial charge is 0.235 e. The Balaban J connectivity index is 2.18. The highest BCUT2D eigenvalue weighted by molar-refractivity contribution is 6.09. The van der Waals surface area contributed by atoms with Crippen molar-refractivity contribution >= 4 is 17.5 Å². The number of carbonyl (C=O) groups is 3. The van der Waals surface area contributed by atoms with E-state index in [2.05, 4.69) is 19.2 Å². The van der Waals surface area contributed by atoms with Gasteiger partial charge in [0.25, 0.3) is 0 Å².